The third-order valence-electron chi connectivity index (χ3n) is 4.56. The van der Waals surface area contributed by atoms with E-state index in [1.807, 2.05) is 24.3 Å². The lowest BCUT2D eigenvalue weighted by Crippen LogP contribution is -2.43. The summed E-state index contributed by atoms with van der Waals surface area (Å²) in [6.07, 6.45) is 1.93. The number of aliphatic carboxylic acids is 1. The van der Waals surface area contributed by atoms with Crippen LogP contribution in [0.1, 0.15) is 5.56 Å². The predicted octanol–water partition coefficient (Wildman–Crippen LogP) is 3.78. The van der Waals surface area contributed by atoms with Gasteiger partial charge in [0.1, 0.15) is 6.04 Å². The molecule has 0 saturated heterocycles. The Morgan fingerprint density at radius 2 is 1.94 bits per heavy atom. The Bertz CT molecular complexity index is 1220. The number of thioether (sulfide) groups is 1. The largest absolute Gasteiger partial charge is 0.480 e. The number of aromatic amines is 1. The Hall–Kier alpha value is -3.30. The quantitative estimate of drug-likeness (QED) is 0.345. The molecule has 31 heavy (non-hydrogen) atoms. The van der Waals surface area contributed by atoms with Crippen LogP contribution in [0, 0.1) is 0 Å². The number of H-pyrrole nitrogens is 1. The van der Waals surface area contributed by atoms with Crippen molar-refractivity contribution in [1.29, 1.82) is 0 Å². The molecule has 0 fully saturated rings. The van der Waals surface area contributed by atoms with Gasteiger partial charge in [-0.05, 0) is 35.9 Å². The average Bonchev–Trinajstić information content (AvgIpc) is 3.40. The zero-order chi connectivity index (χ0) is 21.8. The summed E-state index contributed by atoms with van der Waals surface area (Å²) < 4.78 is 5.54. The second-order valence-electron chi connectivity index (χ2n) is 6.69. The van der Waals surface area contributed by atoms with Crippen molar-refractivity contribution in [3.63, 3.8) is 0 Å². The van der Waals surface area contributed by atoms with Crippen molar-refractivity contribution >= 4 is 46.1 Å². The topological polar surface area (TPSA) is 121 Å². The van der Waals surface area contributed by atoms with E-state index >= 15 is 0 Å². The molecular weight excluding hydrogens is 440 g/mol. The number of hydrogen-bond acceptors (Lipinski definition) is 6. The second kappa shape index (κ2) is 9.23. The molecule has 4 rings (SSSR count). The lowest BCUT2D eigenvalue weighted by atomic mass is 10.1. The fourth-order valence-electron chi connectivity index (χ4n) is 3.06. The third-order valence-corrected chi connectivity index (χ3v) is 5.63. The molecule has 0 aliphatic heterocycles. The summed E-state index contributed by atoms with van der Waals surface area (Å²) in [7, 11) is 0. The van der Waals surface area contributed by atoms with Crippen molar-refractivity contribution in [3.05, 3.63) is 65.3 Å². The third kappa shape index (κ3) is 5.07. The highest BCUT2D eigenvalue weighted by Crippen LogP contribution is 2.24. The van der Waals surface area contributed by atoms with Crippen molar-refractivity contribution in [2.75, 3.05) is 5.75 Å². The highest BCUT2D eigenvalue weighted by atomic mass is 35.5. The lowest BCUT2D eigenvalue weighted by Gasteiger charge is -2.13. The van der Waals surface area contributed by atoms with Crippen LogP contribution in [0.2, 0.25) is 5.02 Å². The van der Waals surface area contributed by atoms with Gasteiger partial charge in [0.15, 0.2) is 0 Å². The van der Waals surface area contributed by atoms with E-state index in [1.54, 1.807) is 30.5 Å². The molecule has 2 heterocycles. The van der Waals surface area contributed by atoms with Gasteiger partial charge < -0.3 is 19.8 Å². The minimum Gasteiger partial charge on any atom is -0.480 e. The Balaban J connectivity index is 1.35. The minimum absolute atomic E-state index is 0.0556. The molecule has 2 aromatic heterocycles. The SMILES string of the molecule is O=C(CSc1nnc(-c2ccc(Cl)cc2)o1)NC(Cc1c[nH]c2ccccc12)C(=O)O. The van der Waals surface area contributed by atoms with Gasteiger partial charge in [-0.3, -0.25) is 4.79 Å². The van der Waals surface area contributed by atoms with E-state index in [2.05, 4.69) is 20.5 Å². The van der Waals surface area contributed by atoms with Gasteiger partial charge in [-0.15, -0.1) is 10.2 Å². The van der Waals surface area contributed by atoms with E-state index in [4.69, 9.17) is 16.0 Å². The monoisotopic (exact) mass is 456 g/mol. The summed E-state index contributed by atoms with van der Waals surface area (Å²) >= 11 is 6.90. The van der Waals surface area contributed by atoms with Crippen LogP contribution < -0.4 is 5.32 Å². The van der Waals surface area contributed by atoms with Gasteiger partial charge in [0.2, 0.25) is 11.8 Å². The number of para-hydroxylation sites is 1. The number of rotatable bonds is 8. The molecule has 0 saturated carbocycles. The van der Waals surface area contributed by atoms with Gasteiger partial charge in [0.25, 0.3) is 5.22 Å². The number of hydrogen-bond donors (Lipinski definition) is 3. The number of carbonyl (C=O) groups is 2. The average molecular weight is 457 g/mol. The normalized spacial score (nSPS) is 12.0. The maximum absolute atomic E-state index is 12.3. The Kier molecular flexibility index (Phi) is 6.24. The van der Waals surface area contributed by atoms with Crippen molar-refractivity contribution in [1.82, 2.24) is 20.5 Å². The van der Waals surface area contributed by atoms with E-state index in [-0.39, 0.29) is 17.4 Å². The van der Waals surface area contributed by atoms with Gasteiger partial charge in [-0.1, -0.05) is 41.6 Å². The van der Waals surface area contributed by atoms with E-state index < -0.39 is 17.9 Å². The van der Waals surface area contributed by atoms with Gasteiger partial charge >= 0.3 is 5.97 Å². The first-order valence-corrected chi connectivity index (χ1v) is 10.7. The number of nitrogens with zero attached hydrogens (tertiary/aromatic N) is 2. The van der Waals surface area contributed by atoms with Crippen molar-refractivity contribution < 1.29 is 19.1 Å². The molecule has 3 N–H and O–H groups in total. The number of carbonyl (C=O) groups excluding carboxylic acids is 1. The number of halogens is 1. The molecule has 0 spiro atoms. The number of carboxylic acid groups (broad SMARTS) is 1. The number of fused-ring (bicyclic) bond motifs is 1. The van der Waals surface area contributed by atoms with Crippen molar-refractivity contribution in [3.8, 4) is 11.5 Å². The van der Waals surface area contributed by atoms with Crippen LogP contribution >= 0.6 is 23.4 Å². The standard InChI is InChI=1S/C21H17ClN4O4S/c22-14-7-5-12(6-8-14)19-25-26-21(30-19)31-11-18(27)24-17(20(28)29)9-13-10-23-16-4-2-1-3-15(13)16/h1-8,10,17,23H,9,11H2,(H,24,27)(H,28,29). The summed E-state index contributed by atoms with van der Waals surface area (Å²) in [5.41, 5.74) is 2.44. The number of aromatic nitrogens is 3. The maximum Gasteiger partial charge on any atom is 0.326 e. The van der Waals surface area contributed by atoms with E-state index in [0.717, 1.165) is 28.2 Å². The smallest absolute Gasteiger partial charge is 0.326 e. The van der Waals surface area contributed by atoms with Gasteiger partial charge in [-0.2, -0.15) is 0 Å². The fraction of sp³-hybridized carbons (Fsp3) is 0.143. The molecule has 158 valence electrons. The number of nitrogens with one attached hydrogen (secondary N) is 2. The van der Waals surface area contributed by atoms with Crippen LogP contribution in [0.15, 0.2) is 64.4 Å². The Labute approximate surface area is 186 Å². The Morgan fingerprint density at radius 3 is 2.71 bits per heavy atom. The molecule has 4 aromatic rings. The first kappa shape index (κ1) is 21.0. The highest BCUT2D eigenvalue weighted by molar-refractivity contribution is 7.99. The van der Waals surface area contributed by atoms with E-state index in [1.165, 1.54) is 0 Å². The highest BCUT2D eigenvalue weighted by Gasteiger charge is 2.22. The molecule has 0 aliphatic carbocycles. The summed E-state index contributed by atoms with van der Waals surface area (Å²) in [6, 6.07) is 13.5. The number of amides is 1. The molecule has 0 bridgehead atoms. The molecule has 10 heteroatoms. The predicted molar refractivity (Wildman–Crippen MR) is 117 cm³/mol. The van der Waals surface area contributed by atoms with Crippen LogP contribution in [-0.2, 0) is 16.0 Å². The zero-order valence-electron chi connectivity index (χ0n) is 16.0. The minimum atomic E-state index is -1.11. The zero-order valence-corrected chi connectivity index (χ0v) is 17.6. The van der Waals surface area contributed by atoms with Gasteiger partial charge in [0.05, 0.1) is 5.75 Å². The first-order valence-electron chi connectivity index (χ1n) is 9.29. The van der Waals surface area contributed by atoms with E-state index in [0.29, 0.717) is 16.5 Å². The summed E-state index contributed by atoms with van der Waals surface area (Å²) in [4.78, 5) is 27.1. The van der Waals surface area contributed by atoms with Gasteiger partial charge in [0, 0.05) is 34.1 Å². The van der Waals surface area contributed by atoms with Crippen LogP contribution in [0.3, 0.4) is 0 Å². The molecule has 0 aliphatic rings. The van der Waals surface area contributed by atoms with Crippen LogP contribution in [-0.4, -0.2) is 44.0 Å². The van der Waals surface area contributed by atoms with Crippen molar-refractivity contribution in [2.24, 2.45) is 0 Å². The summed E-state index contributed by atoms with van der Waals surface area (Å²) in [5.74, 6) is -1.29. The molecule has 8 nitrogen and oxygen atoms in total. The molecule has 2 aromatic carbocycles. The molecule has 0 radical (unpaired) electrons. The number of benzene rings is 2. The van der Waals surface area contributed by atoms with Crippen LogP contribution in [0.5, 0.6) is 0 Å². The first-order chi connectivity index (χ1) is 15.0. The molecular formula is C21H17ClN4O4S. The molecule has 1 atom stereocenters. The number of carboxylic acids is 1. The van der Waals surface area contributed by atoms with Crippen LogP contribution in [0.25, 0.3) is 22.4 Å². The summed E-state index contributed by atoms with van der Waals surface area (Å²) in [5, 5.41) is 21.7. The lowest BCUT2D eigenvalue weighted by molar-refractivity contribution is -0.141. The van der Waals surface area contributed by atoms with Crippen molar-refractivity contribution in [2.45, 2.75) is 17.7 Å². The second-order valence-corrected chi connectivity index (χ2v) is 8.05. The Morgan fingerprint density at radius 1 is 1.16 bits per heavy atom. The van der Waals surface area contributed by atoms with E-state index in [9.17, 15) is 14.7 Å². The van der Waals surface area contributed by atoms with Crippen LogP contribution in [0.4, 0.5) is 0 Å². The van der Waals surface area contributed by atoms with Gasteiger partial charge in [-0.25, -0.2) is 4.79 Å². The molecule has 1 amide bonds. The fourth-order valence-corrected chi connectivity index (χ4v) is 3.76. The maximum atomic E-state index is 12.3. The summed E-state index contributed by atoms with van der Waals surface area (Å²) in [6.45, 7) is 0. The molecule has 1 unspecified atom stereocenters.